The first-order valence-corrected chi connectivity index (χ1v) is 9.42. The minimum atomic E-state index is -0.633. The van der Waals surface area contributed by atoms with Gasteiger partial charge in [-0.25, -0.2) is 0 Å². The van der Waals surface area contributed by atoms with Crippen molar-refractivity contribution in [2.75, 3.05) is 13.9 Å². The predicted octanol–water partition coefficient (Wildman–Crippen LogP) is 4.53. The Morgan fingerprint density at radius 2 is 1.73 bits per heavy atom. The fourth-order valence-electron chi connectivity index (χ4n) is 3.61. The van der Waals surface area contributed by atoms with E-state index in [0.29, 0.717) is 28.4 Å². The van der Waals surface area contributed by atoms with Gasteiger partial charge < -0.3 is 24.1 Å². The second-order valence-corrected chi connectivity index (χ2v) is 6.99. The van der Waals surface area contributed by atoms with Crippen LogP contribution in [0.4, 0.5) is 0 Å². The van der Waals surface area contributed by atoms with Crippen molar-refractivity contribution < 1.29 is 28.8 Å². The highest BCUT2D eigenvalue weighted by Gasteiger charge is 2.34. The Labute approximate surface area is 172 Å². The number of aromatic hydroxyl groups is 1. The summed E-state index contributed by atoms with van der Waals surface area (Å²) in [6.45, 7) is 0.167. The van der Waals surface area contributed by atoms with Crippen molar-refractivity contribution in [3.8, 4) is 28.7 Å². The highest BCUT2D eigenvalue weighted by molar-refractivity contribution is 6.14. The number of ether oxygens (including phenoxy) is 4. The zero-order valence-corrected chi connectivity index (χ0v) is 16.1. The van der Waals surface area contributed by atoms with Gasteiger partial charge in [0.1, 0.15) is 17.2 Å². The first-order valence-electron chi connectivity index (χ1n) is 9.42. The maximum Gasteiger partial charge on any atom is 0.231 e. The minimum absolute atomic E-state index is 0.0102. The van der Waals surface area contributed by atoms with E-state index >= 15 is 0 Å². The Morgan fingerprint density at radius 1 is 0.967 bits per heavy atom. The standard InChI is InChI=1S/C24H18O6/c1-27-17-6-2-14(3-7-17)10-19-23(26)18-12-16(25)5-9-20(18)30-24(19)15-4-8-21-22(11-15)29-13-28-21/h2-12,24-25H,13H2,1H3. The second-order valence-electron chi connectivity index (χ2n) is 6.99. The largest absolute Gasteiger partial charge is 0.508 e. The van der Waals surface area contributed by atoms with Crippen molar-refractivity contribution in [1.29, 1.82) is 0 Å². The molecule has 0 fully saturated rings. The molecular formula is C24H18O6. The van der Waals surface area contributed by atoms with Crippen molar-refractivity contribution in [1.82, 2.24) is 0 Å². The molecule has 30 heavy (non-hydrogen) atoms. The summed E-state index contributed by atoms with van der Waals surface area (Å²) in [5.41, 5.74) is 2.38. The van der Waals surface area contributed by atoms with Crippen LogP contribution in [0, 0.1) is 0 Å². The Hall–Kier alpha value is -3.93. The van der Waals surface area contributed by atoms with Crippen LogP contribution < -0.4 is 18.9 Å². The van der Waals surface area contributed by atoms with Crippen LogP contribution >= 0.6 is 0 Å². The number of hydrogen-bond acceptors (Lipinski definition) is 6. The third-order valence-corrected chi connectivity index (χ3v) is 5.13. The average molecular weight is 402 g/mol. The van der Waals surface area contributed by atoms with Crippen molar-refractivity contribution in [3.05, 3.63) is 82.9 Å². The van der Waals surface area contributed by atoms with Gasteiger partial charge in [-0.2, -0.15) is 0 Å². The molecule has 0 amide bonds. The molecule has 150 valence electrons. The molecular weight excluding hydrogens is 384 g/mol. The summed E-state index contributed by atoms with van der Waals surface area (Å²) in [5, 5.41) is 9.86. The maximum absolute atomic E-state index is 13.4. The predicted molar refractivity (Wildman–Crippen MR) is 109 cm³/mol. The molecule has 1 unspecified atom stereocenters. The summed E-state index contributed by atoms with van der Waals surface area (Å²) in [7, 11) is 1.60. The van der Waals surface area contributed by atoms with Crippen LogP contribution in [0.15, 0.2) is 66.2 Å². The number of methoxy groups -OCH3 is 1. The Morgan fingerprint density at radius 3 is 2.53 bits per heavy atom. The zero-order chi connectivity index (χ0) is 20.7. The lowest BCUT2D eigenvalue weighted by Gasteiger charge is -2.28. The van der Waals surface area contributed by atoms with E-state index in [9.17, 15) is 9.90 Å². The molecule has 5 rings (SSSR count). The average Bonchev–Trinajstić information content (AvgIpc) is 3.24. The molecule has 0 aromatic heterocycles. The van der Waals surface area contributed by atoms with Gasteiger partial charge in [0.25, 0.3) is 0 Å². The first-order chi connectivity index (χ1) is 14.6. The van der Waals surface area contributed by atoms with E-state index in [1.807, 2.05) is 42.5 Å². The summed E-state index contributed by atoms with van der Waals surface area (Å²) in [6.07, 6.45) is 1.16. The molecule has 2 heterocycles. The molecule has 0 saturated carbocycles. The third-order valence-electron chi connectivity index (χ3n) is 5.13. The van der Waals surface area contributed by atoms with E-state index < -0.39 is 6.10 Å². The molecule has 6 nitrogen and oxygen atoms in total. The number of ketones is 1. The second kappa shape index (κ2) is 7.15. The van der Waals surface area contributed by atoms with Crippen LogP contribution in [0.1, 0.15) is 27.6 Å². The number of rotatable bonds is 3. The van der Waals surface area contributed by atoms with Crippen LogP contribution in [0.5, 0.6) is 28.7 Å². The van der Waals surface area contributed by atoms with Gasteiger partial charge in [0.2, 0.25) is 6.79 Å². The van der Waals surface area contributed by atoms with Crippen LogP contribution in [0.3, 0.4) is 0 Å². The monoisotopic (exact) mass is 402 g/mol. The molecule has 1 N–H and O–H groups in total. The normalized spacial score (nSPS) is 18.1. The van der Waals surface area contributed by atoms with Gasteiger partial charge in [-0.1, -0.05) is 18.2 Å². The number of phenols is 1. The Kier molecular flexibility index (Phi) is 4.32. The van der Waals surface area contributed by atoms with E-state index in [-0.39, 0.29) is 18.3 Å². The number of carbonyl (C=O) groups is 1. The lowest BCUT2D eigenvalue weighted by atomic mass is 9.89. The summed E-state index contributed by atoms with van der Waals surface area (Å²) >= 11 is 0. The fourth-order valence-corrected chi connectivity index (χ4v) is 3.61. The lowest BCUT2D eigenvalue weighted by Crippen LogP contribution is -2.23. The smallest absolute Gasteiger partial charge is 0.231 e. The molecule has 0 radical (unpaired) electrons. The SMILES string of the molecule is COc1ccc(C=C2C(=O)c3cc(O)ccc3OC2c2ccc3c(c2)OCO3)cc1. The van der Waals surface area contributed by atoms with E-state index in [4.69, 9.17) is 18.9 Å². The van der Waals surface area contributed by atoms with Crippen molar-refractivity contribution >= 4 is 11.9 Å². The van der Waals surface area contributed by atoms with Crippen LogP contribution in [-0.2, 0) is 0 Å². The molecule has 0 spiro atoms. The number of phenolic OH excluding ortho intramolecular Hbond substituents is 1. The number of fused-ring (bicyclic) bond motifs is 2. The lowest BCUT2D eigenvalue weighted by molar-refractivity contribution is 0.0962. The summed E-state index contributed by atoms with van der Waals surface area (Å²) in [6, 6.07) is 17.4. The molecule has 6 heteroatoms. The molecule has 0 bridgehead atoms. The van der Waals surface area contributed by atoms with E-state index in [1.165, 1.54) is 12.1 Å². The van der Waals surface area contributed by atoms with Crippen molar-refractivity contribution in [3.63, 3.8) is 0 Å². The molecule has 2 aliphatic heterocycles. The van der Waals surface area contributed by atoms with Crippen LogP contribution in [-0.4, -0.2) is 24.8 Å². The van der Waals surface area contributed by atoms with Gasteiger partial charge in [-0.15, -0.1) is 0 Å². The highest BCUT2D eigenvalue weighted by Crippen LogP contribution is 2.43. The summed E-state index contributed by atoms with van der Waals surface area (Å²) in [4.78, 5) is 13.4. The maximum atomic E-state index is 13.4. The number of benzene rings is 3. The molecule has 2 aliphatic rings. The van der Waals surface area contributed by atoms with Crippen LogP contribution in [0.2, 0.25) is 0 Å². The molecule has 3 aromatic carbocycles. The minimum Gasteiger partial charge on any atom is -0.508 e. The Bertz CT molecular complexity index is 1160. The van der Waals surface area contributed by atoms with E-state index in [2.05, 4.69) is 0 Å². The molecule has 0 saturated heterocycles. The van der Waals surface area contributed by atoms with Crippen molar-refractivity contribution in [2.45, 2.75) is 6.10 Å². The van der Waals surface area contributed by atoms with Gasteiger partial charge in [0.15, 0.2) is 23.4 Å². The molecule has 1 atom stereocenters. The van der Waals surface area contributed by atoms with Gasteiger partial charge in [-0.05, 0) is 54.1 Å². The number of carbonyl (C=O) groups excluding carboxylic acids is 1. The highest BCUT2D eigenvalue weighted by atomic mass is 16.7. The number of Topliss-reactive ketones (excluding diaryl/α,β-unsaturated/α-hetero) is 1. The Balaban J connectivity index is 1.62. The first kappa shape index (κ1) is 18.1. The molecule has 0 aliphatic carbocycles. The van der Waals surface area contributed by atoms with E-state index in [1.54, 1.807) is 19.3 Å². The summed E-state index contributed by atoms with van der Waals surface area (Å²) in [5.74, 6) is 2.23. The zero-order valence-electron chi connectivity index (χ0n) is 16.1. The van der Waals surface area contributed by atoms with E-state index in [0.717, 1.165) is 16.9 Å². The topological polar surface area (TPSA) is 74.2 Å². The van der Waals surface area contributed by atoms with Gasteiger partial charge in [0.05, 0.1) is 12.7 Å². The third kappa shape index (κ3) is 3.12. The van der Waals surface area contributed by atoms with Gasteiger partial charge in [0, 0.05) is 11.1 Å². The summed E-state index contributed by atoms with van der Waals surface area (Å²) < 4.78 is 22.3. The fraction of sp³-hybridized carbons (Fsp3) is 0.125. The van der Waals surface area contributed by atoms with Crippen molar-refractivity contribution in [2.24, 2.45) is 0 Å². The number of hydrogen-bond donors (Lipinski definition) is 1. The molecule has 3 aromatic rings. The van der Waals surface area contributed by atoms with Gasteiger partial charge in [-0.3, -0.25) is 4.79 Å². The van der Waals surface area contributed by atoms with Gasteiger partial charge >= 0.3 is 0 Å². The quantitative estimate of drug-likeness (QED) is 0.649. The van der Waals surface area contributed by atoms with Crippen LogP contribution in [0.25, 0.3) is 6.08 Å².